The molecule has 100 valence electrons. The molecule has 0 saturated heterocycles. The van der Waals surface area contributed by atoms with Crippen LogP contribution in [0.4, 0.5) is 17.1 Å². The number of rotatable bonds is 5. The van der Waals surface area contributed by atoms with Crippen molar-refractivity contribution in [3.05, 3.63) is 65.0 Å². The standard InChI is InChI=1S/C14H13N5O/c15-19-16-10-14(20)18-13-8-6-12(7-9-13)17-11-4-2-1-3-5-11/h1-9,17H,10H2,(H,18,20). The van der Waals surface area contributed by atoms with E-state index in [0.29, 0.717) is 5.69 Å². The van der Waals surface area contributed by atoms with Crippen molar-refractivity contribution in [3.8, 4) is 0 Å². The van der Waals surface area contributed by atoms with Gasteiger partial charge in [-0.15, -0.1) is 0 Å². The highest BCUT2D eigenvalue weighted by atomic mass is 16.1. The molecule has 0 heterocycles. The summed E-state index contributed by atoms with van der Waals surface area (Å²) in [5.41, 5.74) is 10.7. The molecule has 0 spiro atoms. The van der Waals surface area contributed by atoms with Gasteiger partial charge in [-0.05, 0) is 41.9 Å². The minimum Gasteiger partial charge on any atom is -0.356 e. The average Bonchev–Trinajstić information content (AvgIpc) is 2.48. The second-order valence-corrected chi connectivity index (χ2v) is 4.01. The van der Waals surface area contributed by atoms with Crippen LogP contribution in [-0.2, 0) is 4.79 Å². The van der Waals surface area contributed by atoms with E-state index in [4.69, 9.17) is 5.53 Å². The van der Waals surface area contributed by atoms with Gasteiger partial charge in [-0.3, -0.25) is 4.79 Å². The van der Waals surface area contributed by atoms with Crippen molar-refractivity contribution in [3.63, 3.8) is 0 Å². The van der Waals surface area contributed by atoms with E-state index < -0.39 is 0 Å². The molecule has 0 aliphatic carbocycles. The third-order valence-electron chi connectivity index (χ3n) is 2.51. The van der Waals surface area contributed by atoms with Gasteiger partial charge in [-0.1, -0.05) is 23.3 Å². The quantitative estimate of drug-likeness (QED) is 0.491. The van der Waals surface area contributed by atoms with Crippen molar-refractivity contribution in [2.45, 2.75) is 0 Å². The van der Waals surface area contributed by atoms with Crippen LogP contribution in [0.5, 0.6) is 0 Å². The zero-order valence-electron chi connectivity index (χ0n) is 10.7. The van der Waals surface area contributed by atoms with Crippen LogP contribution < -0.4 is 10.6 Å². The number of nitrogens with zero attached hydrogens (tertiary/aromatic N) is 3. The molecule has 0 atom stereocenters. The molecule has 0 saturated carbocycles. The average molecular weight is 267 g/mol. The number of anilines is 3. The first-order chi connectivity index (χ1) is 9.78. The van der Waals surface area contributed by atoms with Crippen LogP contribution in [0.3, 0.4) is 0 Å². The van der Waals surface area contributed by atoms with Crippen molar-refractivity contribution >= 4 is 23.0 Å². The fraction of sp³-hybridized carbons (Fsp3) is 0.0714. The molecule has 0 aliphatic rings. The summed E-state index contributed by atoms with van der Waals surface area (Å²) in [6.07, 6.45) is 0. The zero-order valence-corrected chi connectivity index (χ0v) is 10.7. The summed E-state index contributed by atoms with van der Waals surface area (Å²) in [5.74, 6) is -0.341. The van der Waals surface area contributed by atoms with Gasteiger partial charge in [0, 0.05) is 22.0 Å². The lowest BCUT2D eigenvalue weighted by Crippen LogP contribution is -2.14. The van der Waals surface area contributed by atoms with Crippen molar-refractivity contribution in [2.24, 2.45) is 5.11 Å². The number of hydrogen-bond acceptors (Lipinski definition) is 3. The van der Waals surface area contributed by atoms with Crippen molar-refractivity contribution in [1.82, 2.24) is 0 Å². The summed E-state index contributed by atoms with van der Waals surface area (Å²) in [7, 11) is 0. The summed E-state index contributed by atoms with van der Waals surface area (Å²) in [4.78, 5) is 13.9. The fourth-order valence-corrected chi connectivity index (χ4v) is 1.62. The first-order valence-electron chi connectivity index (χ1n) is 6.01. The molecule has 6 heteroatoms. The molecule has 2 aromatic carbocycles. The van der Waals surface area contributed by atoms with Crippen molar-refractivity contribution in [1.29, 1.82) is 0 Å². The predicted octanol–water partition coefficient (Wildman–Crippen LogP) is 3.68. The van der Waals surface area contributed by atoms with Crippen LogP contribution in [0.15, 0.2) is 59.7 Å². The van der Waals surface area contributed by atoms with Crippen LogP contribution in [0.25, 0.3) is 10.4 Å². The molecule has 2 N–H and O–H groups in total. The van der Waals surface area contributed by atoms with Gasteiger partial charge in [0.05, 0.1) is 0 Å². The Labute approximate surface area is 116 Å². The van der Waals surface area contributed by atoms with Crippen molar-refractivity contribution in [2.75, 3.05) is 17.2 Å². The molecule has 2 rings (SSSR count). The van der Waals surface area contributed by atoms with Gasteiger partial charge in [0.1, 0.15) is 6.54 Å². The van der Waals surface area contributed by atoms with Crippen LogP contribution in [0, 0.1) is 0 Å². The van der Waals surface area contributed by atoms with Crippen molar-refractivity contribution < 1.29 is 4.79 Å². The third-order valence-corrected chi connectivity index (χ3v) is 2.51. The molecule has 6 nitrogen and oxygen atoms in total. The van der Waals surface area contributed by atoms with E-state index in [-0.39, 0.29) is 12.5 Å². The highest BCUT2D eigenvalue weighted by Gasteiger charge is 2.00. The summed E-state index contributed by atoms with van der Waals surface area (Å²) in [6, 6.07) is 17.1. The smallest absolute Gasteiger partial charge is 0.230 e. The van der Waals surface area contributed by atoms with Gasteiger partial charge in [0.25, 0.3) is 0 Å². The molecule has 1 amide bonds. The van der Waals surface area contributed by atoms with E-state index >= 15 is 0 Å². The lowest BCUT2D eigenvalue weighted by Gasteiger charge is -2.08. The van der Waals surface area contributed by atoms with Gasteiger partial charge in [-0.2, -0.15) is 0 Å². The van der Waals surface area contributed by atoms with E-state index in [1.807, 2.05) is 42.5 Å². The lowest BCUT2D eigenvalue weighted by atomic mass is 10.2. The normalized spacial score (nSPS) is 9.40. The van der Waals surface area contributed by atoms with Gasteiger partial charge < -0.3 is 10.6 Å². The summed E-state index contributed by atoms with van der Waals surface area (Å²) < 4.78 is 0. The Morgan fingerprint density at radius 1 is 1.00 bits per heavy atom. The third kappa shape index (κ3) is 4.04. The summed E-state index contributed by atoms with van der Waals surface area (Å²) >= 11 is 0. The number of hydrogen-bond donors (Lipinski definition) is 2. The largest absolute Gasteiger partial charge is 0.356 e. The monoisotopic (exact) mass is 267 g/mol. The number of carbonyl (C=O) groups is 1. The Kier molecular flexibility index (Phi) is 4.59. The molecule has 0 bridgehead atoms. The molecule has 0 unspecified atom stereocenters. The topological polar surface area (TPSA) is 89.9 Å². The number of para-hydroxylation sites is 1. The van der Waals surface area contributed by atoms with Crippen LogP contribution >= 0.6 is 0 Å². The lowest BCUT2D eigenvalue weighted by molar-refractivity contribution is -0.114. The molecule has 2 aromatic rings. The Balaban J connectivity index is 1.96. The second kappa shape index (κ2) is 6.82. The molecular formula is C14H13N5O. The number of amides is 1. The van der Waals surface area contributed by atoms with Crippen LogP contribution in [0.1, 0.15) is 0 Å². The molecule has 20 heavy (non-hydrogen) atoms. The zero-order chi connectivity index (χ0) is 14.2. The number of benzene rings is 2. The van der Waals surface area contributed by atoms with E-state index in [2.05, 4.69) is 20.7 Å². The maximum atomic E-state index is 11.4. The van der Waals surface area contributed by atoms with Crippen LogP contribution in [-0.4, -0.2) is 12.5 Å². The molecule has 0 radical (unpaired) electrons. The number of carbonyl (C=O) groups excluding carboxylic acids is 1. The maximum Gasteiger partial charge on any atom is 0.230 e. The Morgan fingerprint density at radius 3 is 2.25 bits per heavy atom. The predicted molar refractivity (Wildman–Crippen MR) is 78.8 cm³/mol. The Hall–Kier alpha value is -2.98. The van der Waals surface area contributed by atoms with E-state index in [0.717, 1.165) is 11.4 Å². The molecule has 0 fully saturated rings. The molecule has 0 aromatic heterocycles. The summed E-state index contributed by atoms with van der Waals surface area (Å²) in [6.45, 7) is -0.208. The van der Waals surface area contributed by atoms with E-state index in [1.54, 1.807) is 12.1 Å². The highest BCUT2D eigenvalue weighted by molar-refractivity contribution is 5.92. The first kappa shape index (κ1) is 13.5. The fourth-order valence-electron chi connectivity index (χ4n) is 1.62. The van der Waals surface area contributed by atoms with Gasteiger partial charge in [0.15, 0.2) is 0 Å². The Bertz CT molecular complexity index is 618. The minimum absolute atomic E-state index is 0.208. The van der Waals surface area contributed by atoms with E-state index in [1.165, 1.54) is 0 Å². The molecule has 0 aliphatic heterocycles. The summed E-state index contributed by atoms with van der Waals surface area (Å²) in [5, 5.41) is 9.07. The van der Waals surface area contributed by atoms with Gasteiger partial charge >= 0.3 is 0 Å². The Morgan fingerprint density at radius 2 is 1.60 bits per heavy atom. The number of nitrogens with one attached hydrogen (secondary N) is 2. The van der Waals surface area contributed by atoms with E-state index in [9.17, 15) is 4.79 Å². The second-order valence-electron chi connectivity index (χ2n) is 4.01. The highest BCUT2D eigenvalue weighted by Crippen LogP contribution is 2.18. The minimum atomic E-state index is -0.341. The number of azide groups is 1. The van der Waals surface area contributed by atoms with Crippen LogP contribution in [0.2, 0.25) is 0 Å². The first-order valence-corrected chi connectivity index (χ1v) is 6.01. The SMILES string of the molecule is [N-]=[N+]=NCC(=O)Nc1ccc(Nc2ccccc2)cc1. The molecular weight excluding hydrogens is 254 g/mol. The maximum absolute atomic E-state index is 11.4. The van der Waals surface area contributed by atoms with Gasteiger partial charge in [0.2, 0.25) is 5.91 Å². The van der Waals surface area contributed by atoms with Gasteiger partial charge in [-0.25, -0.2) is 0 Å².